The van der Waals surface area contributed by atoms with Crippen LogP contribution in [0.25, 0.3) is 11.0 Å². The summed E-state index contributed by atoms with van der Waals surface area (Å²) in [4.78, 5) is 33.3. The van der Waals surface area contributed by atoms with Gasteiger partial charge in [-0.25, -0.2) is 4.98 Å². The van der Waals surface area contributed by atoms with E-state index in [0.717, 1.165) is 28.8 Å². The van der Waals surface area contributed by atoms with Crippen LogP contribution in [0.1, 0.15) is 38.3 Å². The van der Waals surface area contributed by atoms with E-state index >= 15 is 0 Å². The van der Waals surface area contributed by atoms with E-state index in [-0.39, 0.29) is 12.5 Å². The number of hydrogen-bond acceptors (Lipinski definition) is 6. The van der Waals surface area contributed by atoms with Crippen molar-refractivity contribution < 1.29 is 23.8 Å². The molecule has 1 aromatic heterocycles. The zero-order valence-electron chi connectivity index (χ0n) is 19.9. The number of imidazole rings is 1. The van der Waals surface area contributed by atoms with Crippen molar-refractivity contribution in [3.63, 3.8) is 0 Å². The van der Waals surface area contributed by atoms with Gasteiger partial charge in [0.2, 0.25) is 11.9 Å². The molecule has 0 spiro atoms. The molecule has 0 bridgehead atoms. The van der Waals surface area contributed by atoms with E-state index in [9.17, 15) is 9.59 Å². The summed E-state index contributed by atoms with van der Waals surface area (Å²) in [6, 6.07) is 14.7. The lowest BCUT2D eigenvalue weighted by atomic mass is 9.89. The molecule has 2 heterocycles. The Morgan fingerprint density at radius 3 is 2.53 bits per heavy atom. The lowest BCUT2D eigenvalue weighted by molar-refractivity contribution is -0.153. The minimum atomic E-state index is -1.03. The fourth-order valence-electron chi connectivity index (χ4n) is 4.41. The van der Waals surface area contributed by atoms with Gasteiger partial charge in [0.1, 0.15) is 5.75 Å². The highest BCUT2D eigenvalue weighted by Gasteiger charge is 2.47. The van der Waals surface area contributed by atoms with Crippen molar-refractivity contribution in [2.24, 2.45) is 5.92 Å². The normalized spacial score (nSPS) is 17.6. The Bertz CT molecular complexity index is 1140. The Labute approximate surface area is 199 Å². The molecule has 2 aromatic carbocycles. The van der Waals surface area contributed by atoms with Crippen molar-refractivity contribution in [3.05, 3.63) is 54.1 Å². The van der Waals surface area contributed by atoms with Crippen LogP contribution in [0.4, 0.5) is 5.95 Å². The molecule has 4 rings (SSSR count). The maximum Gasteiger partial charge on any atom is 0.321 e. The van der Waals surface area contributed by atoms with Gasteiger partial charge in [-0.05, 0) is 49.6 Å². The average molecular weight is 466 g/mol. The molecule has 34 heavy (non-hydrogen) atoms. The van der Waals surface area contributed by atoms with Crippen LogP contribution in [-0.4, -0.2) is 54.9 Å². The summed E-state index contributed by atoms with van der Waals surface area (Å²) in [5.41, 5.74) is 2.43. The number of carbonyl (C=O) groups is 2. The number of fused-ring (bicyclic) bond motifs is 3. The first kappa shape index (κ1) is 23.8. The number of esters is 1. The van der Waals surface area contributed by atoms with E-state index in [1.54, 1.807) is 18.9 Å². The number of ether oxygens (including phenoxy) is 3. The minimum Gasteiger partial charge on any atom is -0.494 e. The zero-order valence-corrected chi connectivity index (χ0v) is 19.9. The van der Waals surface area contributed by atoms with E-state index in [1.165, 1.54) is 0 Å². The van der Waals surface area contributed by atoms with Crippen LogP contribution >= 0.6 is 0 Å². The molecule has 180 valence electrons. The lowest BCUT2D eigenvalue weighted by Crippen LogP contribution is -2.50. The van der Waals surface area contributed by atoms with Crippen molar-refractivity contribution >= 4 is 28.9 Å². The maximum atomic E-state index is 13.8. The van der Waals surface area contributed by atoms with Crippen LogP contribution in [0.5, 0.6) is 5.75 Å². The maximum absolute atomic E-state index is 13.8. The third-order valence-corrected chi connectivity index (χ3v) is 5.91. The smallest absolute Gasteiger partial charge is 0.321 e. The van der Waals surface area contributed by atoms with Gasteiger partial charge in [0.05, 0.1) is 30.3 Å². The van der Waals surface area contributed by atoms with E-state index in [4.69, 9.17) is 19.2 Å². The zero-order chi connectivity index (χ0) is 24.1. The molecule has 0 aliphatic carbocycles. The second-order valence-electron chi connectivity index (χ2n) is 8.20. The summed E-state index contributed by atoms with van der Waals surface area (Å²) >= 11 is 0. The quantitative estimate of drug-likeness (QED) is 0.256. The van der Waals surface area contributed by atoms with Gasteiger partial charge < -0.3 is 18.8 Å². The van der Waals surface area contributed by atoms with Gasteiger partial charge >= 0.3 is 5.97 Å². The molecule has 2 atom stereocenters. The van der Waals surface area contributed by atoms with Gasteiger partial charge in [0.25, 0.3) is 0 Å². The van der Waals surface area contributed by atoms with E-state index < -0.39 is 17.9 Å². The Balaban J connectivity index is 1.86. The summed E-state index contributed by atoms with van der Waals surface area (Å²) in [7, 11) is 1.62. The molecule has 0 saturated heterocycles. The van der Waals surface area contributed by atoms with Crippen LogP contribution in [0, 0.1) is 5.92 Å². The third kappa shape index (κ3) is 4.50. The van der Waals surface area contributed by atoms with Gasteiger partial charge in [-0.2, -0.15) is 0 Å². The summed E-state index contributed by atoms with van der Waals surface area (Å²) in [6.07, 6.45) is 1.53. The Hall–Kier alpha value is -3.39. The Morgan fingerprint density at radius 2 is 1.82 bits per heavy atom. The predicted molar refractivity (Wildman–Crippen MR) is 129 cm³/mol. The Kier molecular flexibility index (Phi) is 7.47. The number of amides is 1. The molecular weight excluding hydrogens is 434 g/mol. The molecule has 1 aliphatic heterocycles. The summed E-state index contributed by atoms with van der Waals surface area (Å²) < 4.78 is 18.3. The molecule has 0 radical (unpaired) electrons. The van der Waals surface area contributed by atoms with Gasteiger partial charge in [-0.1, -0.05) is 31.2 Å². The molecule has 1 amide bonds. The molecule has 8 nitrogen and oxygen atoms in total. The first-order valence-corrected chi connectivity index (χ1v) is 11.8. The lowest BCUT2D eigenvalue weighted by Gasteiger charge is -2.38. The van der Waals surface area contributed by atoms with Crippen molar-refractivity contribution in [2.45, 2.75) is 32.7 Å². The molecular formula is C26H31N3O5. The van der Waals surface area contributed by atoms with Crippen molar-refractivity contribution in [1.29, 1.82) is 0 Å². The molecule has 0 saturated carbocycles. The van der Waals surface area contributed by atoms with Crippen LogP contribution < -0.4 is 9.64 Å². The second kappa shape index (κ2) is 10.7. The van der Waals surface area contributed by atoms with Crippen molar-refractivity contribution in [3.8, 4) is 5.75 Å². The molecule has 8 heteroatoms. The number of carbonyl (C=O) groups excluding carboxylic acids is 2. The number of benzene rings is 2. The number of rotatable bonds is 10. The van der Waals surface area contributed by atoms with Crippen LogP contribution in [0.3, 0.4) is 0 Å². The Morgan fingerprint density at radius 1 is 1.06 bits per heavy atom. The molecule has 3 aromatic rings. The molecule has 0 fully saturated rings. The van der Waals surface area contributed by atoms with Crippen molar-refractivity contribution in [1.82, 2.24) is 9.55 Å². The van der Waals surface area contributed by atoms with E-state index in [2.05, 4.69) is 6.92 Å². The number of methoxy groups -OCH3 is 1. The summed E-state index contributed by atoms with van der Waals surface area (Å²) in [6.45, 7) is 5.50. The molecule has 0 N–H and O–H groups in total. The number of anilines is 1. The van der Waals surface area contributed by atoms with Crippen LogP contribution in [0.2, 0.25) is 0 Å². The van der Waals surface area contributed by atoms with Gasteiger partial charge in [-0.15, -0.1) is 0 Å². The average Bonchev–Trinajstić information content (AvgIpc) is 3.23. The first-order chi connectivity index (χ1) is 16.6. The van der Waals surface area contributed by atoms with Crippen molar-refractivity contribution in [2.75, 3.05) is 38.4 Å². The van der Waals surface area contributed by atoms with Gasteiger partial charge in [0, 0.05) is 20.3 Å². The largest absolute Gasteiger partial charge is 0.494 e. The number of nitrogens with zero attached hydrogens (tertiary/aromatic N) is 3. The second-order valence-corrected chi connectivity index (χ2v) is 8.20. The highest BCUT2D eigenvalue weighted by Crippen LogP contribution is 2.41. The minimum absolute atomic E-state index is 0.195. The van der Waals surface area contributed by atoms with Crippen LogP contribution in [0.15, 0.2) is 48.5 Å². The molecule has 0 unspecified atom stereocenters. The number of aromatic nitrogens is 2. The van der Waals surface area contributed by atoms with Gasteiger partial charge in [-0.3, -0.25) is 14.5 Å². The monoisotopic (exact) mass is 465 g/mol. The fraction of sp³-hybridized carbons (Fsp3) is 0.423. The SMILES string of the molecule is CCCOc1ccc([C@@H]2[C@H](C(=O)OCC)C(=O)N(CCCOC)c3nc4ccccc4n32)cc1. The van der Waals surface area contributed by atoms with Gasteiger partial charge in [0.15, 0.2) is 5.92 Å². The summed E-state index contributed by atoms with van der Waals surface area (Å²) in [5.74, 6) is -0.607. The van der Waals surface area contributed by atoms with E-state index in [0.29, 0.717) is 32.1 Å². The standard InChI is InChI=1S/C26H31N3O5/c1-4-16-34-19-13-11-18(12-14-19)23-22(25(31)33-5-2)24(30)28(15-8-17-32-3)26-27-20-9-6-7-10-21(20)29(23)26/h6-7,9-14,22-23H,4-5,8,15-17H2,1-3H3/t22-,23+/m0/s1. The van der Waals surface area contributed by atoms with E-state index in [1.807, 2.05) is 53.1 Å². The first-order valence-electron chi connectivity index (χ1n) is 11.8. The fourth-order valence-corrected chi connectivity index (χ4v) is 4.41. The predicted octanol–water partition coefficient (Wildman–Crippen LogP) is 3.98. The third-order valence-electron chi connectivity index (χ3n) is 5.91. The molecule has 1 aliphatic rings. The van der Waals surface area contributed by atoms with Crippen LogP contribution in [-0.2, 0) is 19.1 Å². The highest BCUT2D eigenvalue weighted by molar-refractivity contribution is 6.08. The topological polar surface area (TPSA) is 82.9 Å². The summed E-state index contributed by atoms with van der Waals surface area (Å²) in [5, 5.41) is 0. The number of para-hydroxylation sites is 2. The highest BCUT2D eigenvalue weighted by atomic mass is 16.5. The number of hydrogen-bond donors (Lipinski definition) is 0.